The molecule has 0 amide bonds. The van der Waals surface area contributed by atoms with E-state index in [-0.39, 0.29) is 10.6 Å². The summed E-state index contributed by atoms with van der Waals surface area (Å²) in [7, 11) is 0. The van der Waals surface area contributed by atoms with Gasteiger partial charge in [-0.1, -0.05) is 23.2 Å². The molecule has 0 spiro atoms. The number of nitrogens with zero attached hydrogens (tertiary/aromatic N) is 1. The number of hydrogen-bond donors (Lipinski definition) is 1. The van der Waals surface area contributed by atoms with Gasteiger partial charge in [-0.25, -0.2) is 4.79 Å². The lowest BCUT2D eigenvalue weighted by Gasteiger charge is -2.02. The summed E-state index contributed by atoms with van der Waals surface area (Å²) in [6.45, 7) is 0. The lowest BCUT2D eigenvalue weighted by atomic mass is 10.1. The molecule has 1 N–H and O–H groups in total. The first-order chi connectivity index (χ1) is 7.08. The third kappa shape index (κ3) is 1.89. The minimum absolute atomic E-state index is 0.0493. The van der Waals surface area contributed by atoms with Crippen molar-refractivity contribution in [3.05, 3.63) is 40.0 Å². The van der Waals surface area contributed by atoms with Crippen LogP contribution in [0.25, 0.3) is 10.9 Å². The van der Waals surface area contributed by atoms with Gasteiger partial charge >= 0.3 is 5.97 Å². The van der Waals surface area contributed by atoms with Gasteiger partial charge in [0.1, 0.15) is 0 Å². The predicted molar refractivity (Wildman–Crippen MR) is 58.7 cm³/mol. The second kappa shape index (κ2) is 3.68. The van der Waals surface area contributed by atoms with Crippen molar-refractivity contribution in [3.63, 3.8) is 0 Å². The smallest absolute Gasteiger partial charge is 0.337 e. The number of halogens is 2. The van der Waals surface area contributed by atoms with Gasteiger partial charge in [0.15, 0.2) is 0 Å². The zero-order chi connectivity index (χ0) is 11.0. The van der Waals surface area contributed by atoms with Crippen LogP contribution in [0.3, 0.4) is 0 Å². The molecule has 0 saturated heterocycles. The van der Waals surface area contributed by atoms with E-state index in [1.165, 1.54) is 18.3 Å². The third-order valence-corrected chi connectivity index (χ3v) is 2.49. The molecule has 1 heterocycles. The molecule has 0 saturated carbocycles. The molecule has 1 aromatic heterocycles. The number of aromatic carboxylic acids is 1. The Labute approximate surface area is 95.3 Å². The number of hydrogen-bond acceptors (Lipinski definition) is 2. The highest BCUT2D eigenvalue weighted by atomic mass is 35.5. The normalized spacial score (nSPS) is 10.5. The number of fused-ring (bicyclic) bond motifs is 1. The molecule has 0 unspecified atom stereocenters. The molecular weight excluding hydrogens is 237 g/mol. The highest BCUT2D eigenvalue weighted by Crippen LogP contribution is 2.24. The molecule has 2 aromatic rings. The van der Waals surface area contributed by atoms with Crippen LogP contribution in [0.1, 0.15) is 10.4 Å². The first-order valence-corrected chi connectivity index (χ1v) is 4.81. The highest BCUT2D eigenvalue weighted by Gasteiger charge is 2.10. The van der Waals surface area contributed by atoms with Crippen LogP contribution in [0, 0.1) is 0 Å². The van der Waals surface area contributed by atoms with E-state index in [2.05, 4.69) is 4.98 Å². The summed E-state index contributed by atoms with van der Waals surface area (Å²) in [5.74, 6) is -1.07. The van der Waals surface area contributed by atoms with Crippen molar-refractivity contribution >= 4 is 40.1 Å². The zero-order valence-electron chi connectivity index (χ0n) is 7.37. The first-order valence-electron chi connectivity index (χ1n) is 4.06. The molecule has 76 valence electrons. The topological polar surface area (TPSA) is 50.2 Å². The van der Waals surface area contributed by atoms with Gasteiger partial charge < -0.3 is 5.11 Å². The lowest BCUT2D eigenvalue weighted by molar-refractivity contribution is 0.0697. The Kier molecular flexibility index (Phi) is 2.50. The van der Waals surface area contributed by atoms with Gasteiger partial charge in [-0.2, -0.15) is 0 Å². The van der Waals surface area contributed by atoms with Gasteiger partial charge in [0, 0.05) is 11.6 Å². The number of pyridine rings is 1. The lowest BCUT2D eigenvalue weighted by Crippen LogP contribution is -1.97. The summed E-state index contributed by atoms with van der Waals surface area (Å²) < 4.78 is 0. The van der Waals surface area contributed by atoms with Crippen molar-refractivity contribution < 1.29 is 9.90 Å². The molecule has 0 atom stereocenters. The minimum Gasteiger partial charge on any atom is -0.478 e. The Morgan fingerprint density at radius 1 is 1.27 bits per heavy atom. The average molecular weight is 242 g/mol. The fourth-order valence-electron chi connectivity index (χ4n) is 1.29. The number of carboxylic acids is 1. The Hall–Kier alpha value is -1.32. The molecule has 2 rings (SSSR count). The second-order valence-electron chi connectivity index (χ2n) is 2.98. The molecule has 0 aliphatic carbocycles. The quantitative estimate of drug-likeness (QED) is 0.834. The van der Waals surface area contributed by atoms with Crippen molar-refractivity contribution in [2.24, 2.45) is 0 Å². The molecule has 0 bridgehead atoms. The van der Waals surface area contributed by atoms with Crippen LogP contribution in [0.4, 0.5) is 0 Å². The third-order valence-electron chi connectivity index (χ3n) is 1.97. The Balaban J connectivity index is 2.77. The Morgan fingerprint density at radius 3 is 2.67 bits per heavy atom. The van der Waals surface area contributed by atoms with Gasteiger partial charge in [0.2, 0.25) is 0 Å². The summed E-state index contributed by atoms with van der Waals surface area (Å²) >= 11 is 11.5. The van der Waals surface area contributed by atoms with E-state index < -0.39 is 5.97 Å². The minimum atomic E-state index is -1.07. The molecule has 0 radical (unpaired) electrons. The predicted octanol–water partition coefficient (Wildman–Crippen LogP) is 3.24. The Bertz CT molecular complexity index is 554. The fourth-order valence-corrected chi connectivity index (χ4v) is 1.69. The average Bonchev–Trinajstić information content (AvgIpc) is 2.17. The van der Waals surface area contributed by atoms with Crippen LogP contribution < -0.4 is 0 Å². The number of aromatic nitrogens is 1. The van der Waals surface area contributed by atoms with Crippen LogP contribution in [0.5, 0.6) is 0 Å². The van der Waals surface area contributed by atoms with Crippen LogP contribution >= 0.6 is 23.2 Å². The van der Waals surface area contributed by atoms with Crippen molar-refractivity contribution in [1.29, 1.82) is 0 Å². The molecule has 1 aromatic carbocycles. The number of benzene rings is 1. The van der Waals surface area contributed by atoms with E-state index in [0.717, 1.165) is 0 Å². The zero-order valence-corrected chi connectivity index (χ0v) is 8.88. The summed E-state index contributed by atoms with van der Waals surface area (Å²) in [6.07, 6.45) is 1.49. The van der Waals surface area contributed by atoms with Crippen LogP contribution in [0.15, 0.2) is 24.4 Å². The molecule has 15 heavy (non-hydrogen) atoms. The van der Waals surface area contributed by atoms with E-state index >= 15 is 0 Å². The van der Waals surface area contributed by atoms with Gasteiger partial charge in [-0.15, -0.1) is 0 Å². The number of carbonyl (C=O) groups is 1. The monoisotopic (exact) mass is 241 g/mol. The van der Waals surface area contributed by atoms with Crippen LogP contribution in [0.2, 0.25) is 10.0 Å². The molecule has 3 nitrogen and oxygen atoms in total. The van der Waals surface area contributed by atoms with Gasteiger partial charge in [0.05, 0.1) is 21.1 Å². The highest BCUT2D eigenvalue weighted by molar-refractivity contribution is 6.34. The standard InChI is InChI=1S/C10H5Cl2NO2/c11-6-1-5-2-7(10(14)15)8(12)3-9(5)13-4-6/h1-4H,(H,14,15). The van der Waals surface area contributed by atoms with Gasteiger partial charge in [-0.3, -0.25) is 4.98 Å². The van der Waals surface area contributed by atoms with Crippen molar-refractivity contribution in [2.45, 2.75) is 0 Å². The summed E-state index contributed by atoms with van der Waals surface area (Å²) in [4.78, 5) is 14.8. The number of carboxylic acid groups (broad SMARTS) is 1. The molecular formula is C10H5Cl2NO2. The maximum atomic E-state index is 10.8. The number of rotatable bonds is 1. The Morgan fingerprint density at radius 2 is 2.00 bits per heavy atom. The van der Waals surface area contributed by atoms with E-state index in [9.17, 15) is 4.79 Å². The van der Waals surface area contributed by atoms with Crippen molar-refractivity contribution in [1.82, 2.24) is 4.98 Å². The van der Waals surface area contributed by atoms with E-state index in [4.69, 9.17) is 28.3 Å². The summed E-state index contributed by atoms with van der Waals surface area (Å²) in [5.41, 5.74) is 0.669. The van der Waals surface area contributed by atoms with E-state index in [1.54, 1.807) is 6.07 Å². The maximum absolute atomic E-state index is 10.8. The second-order valence-corrected chi connectivity index (χ2v) is 3.83. The summed E-state index contributed by atoms with van der Waals surface area (Å²) in [5, 5.41) is 10.1. The fraction of sp³-hybridized carbons (Fsp3) is 0. The van der Waals surface area contributed by atoms with Crippen molar-refractivity contribution in [3.8, 4) is 0 Å². The molecule has 0 aliphatic rings. The van der Waals surface area contributed by atoms with Crippen LogP contribution in [-0.2, 0) is 0 Å². The first kappa shape index (κ1) is 10.2. The summed E-state index contributed by atoms with van der Waals surface area (Å²) in [6, 6.07) is 4.61. The largest absolute Gasteiger partial charge is 0.478 e. The van der Waals surface area contributed by atoms with E-state index in [0.29, 0.717) is 15.9 Å². The molecule has 0 fully saturated rings. The molecule has 5 heteroatoms. The van der Waals surface area contributed by atoms with Gasteiger partial charge in [-0.05, 0) is 18.2 Å². The SMILES string of the molecule is O=C(O)c1cc2cc(Cl)cnc2cc1Cl. The maximum Gasteiger partial charge on any atom is 0.337 e. The molecule has 0 aliphatic heterocycles. The van der Waals surface area contributed by atoms with E-state index in [1.807, 2.05) is 0 Å². The van der Waals surface area contributed by atoms with Crippen molar-refractivity contribution in [2.75, 3.05) is 0 Å². The van der Waals surface area contributed by atoms with Gasteiger partial charge in [0.25, 0.3) is 0 Å². The van der Waals surface area contributed by atoms with Crippen LogP contribution in [-0.4, -0.2) is 16.1 Å².